The van der Waals surface area contributed by atoms with Gasteiger partial charge in [0.25, 0.3) is 0 Å². The molecule has 1 fully saturated rings. The molecule has 104 valence electrons. The molecular formula is C13H15F2NO3. The van der Waals surface area contributed by atoms with Gasteiger partial charge in [-0.2, -0.15) is 8.78 Å². The van der Waals surface area contributed by atoms with Crippen LogP contribution in [0.25, 0.3) is 0 Å². The van der Waals surface area contributed by atoms with E-state index in [1.54, 1.807) is 12.1 Å². The van der Waals surface area contributed by atoms with E-state index in [9.17, 15) is 13.6 Å². The minimum atomic E-state index is -2.87. The zero-order chi connectivity index (χ0) is 13.7. The second-order valence-corrected chi connectivity index (χ2v) is 4.28. The van der Waals surface area contributed by atoms with Gasteiger partial charge in [-0.05, 0) is 25.0 Å². The van der Waals surface area contributed by atoms with E-state index in [-0.39, 0.29) is 17.6 Å². The van der Waals surface area contributed by atoms with Crippen molar-refractivity contribution in [3.63, 3.8) is 0 Å². The van der Waals surface area contributed by atoms with E-state index in [0.29, 0.717) is 31.7 Å². The molecule has 0 aliphatic carbocycles. The average Bonchev–Trinajstić information content (AvgIpc) is 2.39. The molecule has 1 aliphatic heterocycles. The summed E-state index contributed by atoms with van der Waals surface area (Å²) in [6, 6.07) is 5.98. The van der Waals surface area contributed by atoms with E-state index in [2.05, 4.69) is 10.1 Å². The molecule has 1 aliphatic rings. The van der Waals surface area contributed by atoms with Crippen molar-refractivity contribution in [2.75, 3.05) is 18.5 Å². The van der Waals surface area contributed by atoms with Gasteiger partial charge in [-0.25, -0.2) is 0 Å². The van der Waals surface area contributed by atoms with Crippen LogP contribution in [-0.4, -0.2) is 25.7 Å². The molecule has 0 aromatic heterocycles. The van der Waals surface area contributed by atoms with Crippen LogP contribution in [0.15, 0.2) is 24.3 Å². The van der Waals surface area contributed by atoms with Gasteiger partial charge in [0.05, 0.1) is 0 Å². The maximum Gasteiger partial charge on any atom is 0.387 e. The topological polar surface area (TPSA) is 47.6 Å². The first kappa shape index (κ1) is 13.7. The van der Waals surface area contributed by atoms with Crippen LogP contribution in [0.4, 0.5) is 14.5 Å². The lowest BCUT2D eigenvalue weighted by Crippen LogP contribution is -2.28. The summed E-state index contributed by atoms with van der Waals surface area (Å²) in [6.07, 6.45) is 1.36. The van der Waals surface area contributed by atoms with Gasteiger partial charge in [0.15, 0.2) is 0 Å². The fourth-order valence-corrected chi connectivity index (χ4v) is 1.95. The number of benzene rings is 1. The molecule has 0 atom stereocenters. The van der Waals surface area contributed by atoms with E-state index in [1.807, 2.05) is 0 Å². The minimum absolute atomic E-state index is 0.0276. The Morgan fingerprint density at radius 2 is 2.11 bits per heavy atom. The van der Waals surface area contributed by atoms with Crippen molar-refractivity contribution in [3.05, 3.63) is 24.3 Å². The molecular weight excluding hydrogens is 256 g/mol. The number of carbonyl (C=O) groups excluding carboxylic acids is 1. The summed E-state index contributed by atoms with van der Waals surface area (Å²) in [6.45, 7) is -1.72. The first-order valence-electron chi connectivity index (χ1n) is 6.08. The van der Waals surface area contributed by atoms with Crippen LogP contribution in [0.2, 0.25) is 0 Å². The van der Waals surface area contributed by atoms with Gasteiger partial charge in [0.1, 0.15) is 5.75 Å². The van der Waals surface area contributed by atoms with Crippen LogP contribution in [0.5, 0.6) is 5.75 Å². The van der Waals surface area contributed by atoms with Gasteiger partial charge in [0.2, 0.25) is 5.91 Å². The second-order valence-electron chi connectivity index (χ2n) is 4.28. The molecule has 1 aromatic carbocycles. The molecule has 0 bridgehead atoms. The Labute approximate surface area is 109 Å². The third-order valence-corrected chi connectivity index (χ3v) is 2.92. The Balaban J connectivity index is 1.96. The van der Waals surface area contributed by atoms with E-state index >= 15 is 0 Å². The van der Waals surface area contributed by atoms with Crippen molar-refractivity contribution in [2.45, 2.75) is 19.5 Å². The summed E-state index contributed by atoms with van der Waals surface area (Å²) in [5.74, 6) is -0.175. The third kappa shape index (κ3) is 4.17. The lowest BCUT2D eigenvalue weighted by Gasteiger charge is -2.21. The Morgan fingerprint density at radius 3 is 2.79 bits per heavy atom. The zero-order valence-electron chi connectivity index (χ0n) is 10.3. The van der Waals surface area contributed by atoms with E-state index in [4.69, 9.17) is 4.74 Å². The molecule has 2 rings (SSSR count). The monoisotopic (exact) mass is 271 g/mol. The molecule has 0 unspecified atom stereocenters. The fourth-order valence-electron chi connectivity index (χ4n) is 1.95. The highest BCUT2D eigenvalue weighted by atomic mass is 19.3. The third-order valence-electron chi connectivity index (χ3n) is 2.92. The van der Waals surface area contributed by atoms with E-state index in [0.717, 1.165) is 0 Å². The lowest BCUT2D eigenvalue weighted by molar-refractivity contribution is -0.122. The molecule has 1 amide bonds. The molecule has 4 nitrogen and oxygen atoms in total. The number of carbonyl (C=O) groups is 1. The zero-order valence-corrected chi connectivity index (χ0v) is 10.3. The SMILES string of the molecule is O=C(Nc1cccc(OC(F)F)c1)C1CCOCC1. The molecule has 0 radical (unpaired) electrons. The molecule has 19 heavy (non-hydrogen) atoms. The quantitative estimate of drug-likeness (QED) is 0.915. The lowest BCUT2D eigenvalue weighted by atomic mass is 9.99. The number of hydrogen-bond acceptors (Lipinski definition) is 3. The summed E-state index contributed by atoms with van der Waals surface area (Å²) in [5, 5.41) is 2.71. The predicted octanol–water partition coefficient (Wildman–Crippen LogP) is 2.65. The molecule has 0 spiro atoms. The number of hydrogen-bond donors (Lipinski definition) is 1. The summed E-state index contributed by atoms with van der Waals surface area (Å²) >= 11 is 0. The van der Waals surface area contributed by atoms with E-state index in [1.165, 1.54) is 12.1 Å². The molecule has 1 heterocycles. The highest BCUT2D eigenvalue weighted by Crippen LogP contribution is 2.21. The van der Waals surface area contributed by atoms with Gasteiger partial charge >= 0.3 is 6.61 Å². The highest BCUT2D eigenvalue weighted by molar-refractivity contribution is 5.92. The van der Waals surface area contributed by atoms with Crippen LogP contribution < -0.4 is 10.1 Å². The van der Waals surface area contributed by atoms with Crippen molar-refractivity contribution in [1.82, 2.24) is 0 Å². The molecule has 1 aromatic rings. The average molecular weight is 271 g/mol. The van der Waals surface area contributed by atoms with Crippen molar-refractivity contribution in [2.24, 2.45) is 5.92 Å². The molecule has 0 saturated carbocycles. The van der Waals surface area contributed by atoms with Crippen LogP contribution in [-0.2, 0) is 9.53 Å². The predicted molar refractivity (Wildman–Crippen MR) is 65.2 cm³/mol. The Bertz CT molecular complexity index is 434. The van der Waals surface area contributed by atoms with Crippen LogP contribution in [0.1, 0.15) is 12.8 Å². The van der Waals surface area contributed by atoms with Gasteiger partial charge in [-0.15, -0.1) is 0 Å². The Kier molecular flexibility index (Phi) is 4.68. The maximum absolute atomic E-state index is 12.1. The van der Waals surface area contributed by atoms with Gasteiger partial charge < -0.3 is 14.8 Å². The van der Waals surface area contributed by atoms with Crippen molar-refractivity contribution < 1.29 is 23.0 Å². The first-order chi connectivity index (χ1) is 9.15. The van der Waals surface area contributed by atoms with Gasteiger partial charge in [-0.1, -0.05) is 6.07 Å². The number of rotatable bonds is 4. The van der Waals surface area contributed by atoms with Crippen LogP contribution >= 0.6 is 0 Å². The van der Waals surface area contributed by atoms with Gasteiger partial charge in [0, 0.05) is 30.9 Å². The standard InChI is InChI=1S/C13H15F2NO3/c14-13(15)19-11-3-1-2-10(8-11)16-12(17)9-4-6-18-7-5-9/h1-3,8-9,13H,4-7H2,(H,16,17). The summed E-state index contributed by atoms with van der Waals surface area (Å²) in [4.78, 5) is 11.9. The summed E-state index contributed by atoms with van der Waals surface area (Å²) < 4.78 is 33.6. The normalized spacial score (nSPS) is 16.4. The highest BCUT2D eigenvalue weighted by Gasteiger charge is 2.21. The molecule has 1 saturated heterocycles. The van der Waals surface area contributed by atoms with Crippen molar-refractivity contribution in [3.8, 4) is 5.75 Å². The van der Waals surface area contributed by atoms with Crippen molar-refractivity contribution >= 4 is 11.6 Å². The smallest absolute Gasteiger partial charge is 0.387 e. The van der Waals surface area contributed by atoms with Crippen molar-refractivity contribution in [1.29, 1.82) is 0 Å². The van der Waals surface area contributed by atoms with Crippen LogP contribution in [0, 0.1) is 5.92 Å². The Morgan fingerprint density at radius 1 is 1.37 bits per heavy atom. The minimum Gasteiger partial charge on any atom is -0.435 e. The number of halogens is 2. The maximum atomic E-state index is 12.1. The summed E-state index contributed by atoms with van der Waals surface area (Å²) in [5.41, 5.74) is 0.453. The second kappa shape index (κ2) is 6.47. The fraction of sp³-hybridized carbons (Fsp3) is 0.462. The first-order valence-corrected chi connectivity index (χ1v) is 6.08. The largest absolute Gasteiger partial charge is 0.435 e. The number of anilines is 1. The molecule has 6 heteroatoms. The summed E-state index contributed by atoms with van der Waals surface area (Å²) in [7, 11) is 0. The molecule has 1 N–H and O–H groups in total. The number of ether oxygens (including phenoxy) is 2. The van der Waals surface area contributed by atoms with E-state index < -0.39 is 6.61 Å². The number of amides is 1. The Hall–Kier alpha value is -1.69. The number of alkyl halides is 2. The van der Waals surface area contributed by atoms with Gasteiger partial charge in [-0.3, -0.25) is 4.79 Å². The number of nitrogens with one attached hydrogen (secondary N) is 1. The van der Waals surface area contributed by atoms with Crippen LogP contribution in [0.3, 0.4) is 0 Å².